The molecular weight excluding hydrogens is 406 g/mol. The van der Waals surface area contributed by atoms with E-state index in [0.717, 1.165) is 38.4 Å². The number of hydrogen-bond donors (Lipinski definition) is 1. The zero-order chi connectivity index (χ0) is 20.9. The number of primary amides is 1. The van der Waals surface area contributed by atoms with Crippen LogP contribution < -0.4 is 11.3 Å². The lowest BCUT2D eigenvalue weighted by Gasteiger charge is -2.15. The lowest BCUT2D eigenvalue weighted by molar-refractivity contribution is -0.118. The predicted octanol–water partition coefficient (Wildman–Crippen LogP) is 4.15. The van der Waals surface area contributed by atoms with Gasteiger partial charge >= 0.3 is 0 Å². The third kappa shape index (κ3) is 3.43. The molecule has 0 bridgehead atoms. The molecule has 2 N–H and O–H groups in total. The van der Waals surface area contributed by atoms with Gasteiger partial charge in [0.1, 0.15) is 0 Å². The Morgan fingerprint density at radius 1 is 1.28 bits per heavy atom. The lowest BCUT2D eigenvalue weighted by Crippen LogP contribution is -2.20. The molecule has 0 saturated carbocycles. The van der Waals surface area contributed by atoms with Gasteiger partial charge in [-0.15, -0.1) is 11.3 Å². The Labute approximate surface area is 177 Å². The highest BCUT2D eigenvalue weighted by Crippen LogP contribution is 2.44. The molecular formula is C22H20ClN3O2S. The molecule has 2 aromatic heterocycles. The minimum atomic E-state index is -0.526. The van der Waals surface area contributed by atoms with Gasteiger partial charge in [-0.1, -0.05) is 23.7 Å². The first-order valence-corrected chi connectivity index (χ1v) is 10.4. The van der Waals surface area contributed by atoms with Gasteiger partial charge in [-0.3, -0.25) is 14.6 Å². The van der Waals surface area contributed by atoms with Crippen LogP contribution in [0.3, 0.4) is 0 Å². The van der Waals surface area contributed by atoms with Crippen molar-refractivity contribution in [2.75, 3.05) is 0 Å². The van der Waals surface area contributed by atoms with Crippen LogP contribution in [0.5, 0.6) is 0 Å². The molecule has 4 rings (SSSR count). The third-order valence-electron chi connectivity index (χ3n) is 5.28. The van der Waals surface area contributed by atoms with Crippen molar-refractivity contribution in [1.82, 2.24) is 4.57 Å². The van der Waals surface area contributed by atoms with Gasteiger partial charge in [0.15, 0.2) is 0 Å². The van der Waals surface area contributed by atoms with E-state index in [2.05, 4.69) is 13.8 Å². The lowest BCUT2D eigenvalue weighted by atomic mass is 9.95. The van der Waals surface area contributed by atoms with Crippen LogP contribution >= 0.6 is 22.9 Å². The first kappa shape index (κ1) is 19.6. The van der Waals surface area contributed by atoms with Gasteiger partial charge < -0.3 is 10.3 Å². The number of nitrogens with zero attached hydrogens (tertiary/aromatic N) is 2. The Morgan fingerprint density at radius 3 is 2.62 bits per heavy atom. The SMILES string of the molecule is Cc1sc2c(c1C)C(c1ccc(Cl)cc1)=N[C@@H](CC(N)=O)c1cc(=O)n(C)cc1-2. The summed E-state index contributed by atoms with van der Waals surface area (Å²) in [5.41, 5.74) is 10.9. The number of amides is 1. The van der Waals surface area contributed by atoms with Crippen LogP contribution in [0.2, 0.25) is 5.02 Å². The summed E-state index contributed by atoms with van der Waals surface area (Å²) < 4.78 is 1.56. The molecule has 1 aliphatic rings. The molecule has 148 valence electrons. The molecule has 0 radical (unpaired) electrons. The number of halogens is 1. The molecule has 1 amide bonds. The standard InChI is InChI=1S/C22H20ClN3O2S/c1-11-12(2)29-22-16-10-26(3)19(28)8-15(16)17(9-18(24)27)25-21(20(11)22)13-4-6-14(23)7-5-13/h4-8,10,17H,9H2,1-3H3,(H2,24,27)/t17-/m0/s1. The highest BCUT2D eigenvalue weighted by atomic mass is 35.5. The van der Waals surface area contributed by atoms with Crippen molar-refractivity contribution < 1.29 is 4.79 Å². The molecule has 5 nitrogen and oxygen atoms in total. The summed E-state index contributed by atoms with van der Waals surface area (Å²) in [4.78, 5) is 31.4. The summed E-state index contributed by atoms with van der Waals surface area (Å²) in [7, 11) is 1.73. The van der Waals surface area contributed by atoms with E-state index in [9.17, 15) is 9.59 Å². The Balaban J connectivity index is 2.08. The second-order valence-electron chi connectivity index (χ2n) is 7.25. The number of aryl methyl sites for hydroxylation is 2. The number of aliphatic imine (C=N–C) groups is 1. The average molecular weight is 426 g/mol. The smallest absolute Gasteiger partial charge is 0.250 e. The van der Waals surface area contributed by atoms with Crippen LogP contribution in [-0.4, -0.2) is 16.2 Å². The summed E-state index contributed by atoms with van der Waals surface area (Å²) >= 11 is 7.76. The third-order valence-corrected chi connectivity index (χ3v) is 6.78. The normalized spacial score (nSPS) is 15.3. The fraction of sp³-hybridized carbons (Fsp3) is 0.227. The summed E-state index contributed by atoms with van der Waals surface area (Å²) in [6, 6.07) is 8.54. The Hall–Kier alpha value is -2.70. The fourth-order valence-electron chi connectivity index (χ4n) is 3.67. The fourth-order valence-corrected chi connectivity index (χ4v) is 4.99. The molecule has 1 aliphatic heterocycles. The largest absolute Gasteiger partial charge is 0.370 e. The summed E-state index contributed by atoms with van der Waals surface area (Å²) in [5, 5.41) is 0.640. The van der Waals surface area contributed by atoms with Crippen molar-refractivity contribution in [2.45, 2.75) is 26.3 Å². The molecule has 0 spiro atoms. The van der Waals surface area contributed by atoms with Crippen LogP contribution in [0.1, 0.15) is 39.6 Å². The minimum Gasteiger partial charge on any atom is -0.370 e. The highest BCUT2D eigenvalue weighted by molar-refractivity contribution is 7.16. The highest BCUT2D eigenvalue weighted by Gasteiger charge is 2.30. The predicted molar refractivity (Wildman–Crippen MR) is 118 cm³/mol. The van der Waals surface area contributed by atoms with Crippen LogP contribution in [0, 0.1) is 13.8 Å². The number of benzene rings is 1. The molecule has 1 atom stereocenters. The topological polar surface area (TPSA) is 77.4 Å². The van der Waals surface area contributed by atoms with Crippen molar-refractivity contribution in [3.63, 3.8) is 0 Å². The second-order valence-corrected chi connectivity index (χ2v) is 8.91. The number of nitrogens with two attached hydrogens (primary N) is 1. The molecule has 0 unspecified atom stereocenters. The van der Waals surface area contributed by atoms with E-state index in [0.29, 0.717) is 5.02 Å². The Kier molecular flexibility index (Phi) is 4.92. The van der Waals surface area contributed by atoms with Gasteiger partial charge in [-0.05, 0) is 37.1 Å². The number of carbonyl (C=O) groups is 1. The molecule has 3 aromatic rings. The van der Waals surface area contributed by atoms with Gasteiger partial charge in [0.25, 0.3) is 5.56 Å². The number of thiophene rings is 1. The van der Waals surface area contributed by atoms with Gasteiger partial charge in [0.2, 0.25) is 5.91 Å². The number of carbonyl (C=O) groups excluding carboxylic acids is 1. The van der Waals surface area contributed by atoms with Gasteiger partial charge in [0.05, 0.1) is 18.2 Å². The zero-order valence-corrected chi connectivity index (χ0v) is 17.9. The van der Waals surface area contributed by atoms with Gasteiger partial charge in [-0.2, -0.15) is 0 Å². The van der Waals surface area contributed by atoms with Crippen molar-refractivity contribution in [1.29, 1.82) is 0 Å². The van der Waals surface area contributed by atoms with Crippen molar-refractivity contribution in [2.24, 2.45) is 17.8 Å². The van der Waals surface area contributed by atoms with E-state index in [1.807, 2.05) is 30.5 Å². The number of hydrogen-bond acceptors (Lipinski definition) is 4. The molecule has 1 aromatic carbocycles. The van der Waals surface area contributed by atoms with Crippen molar-refractivity contribution in [3.8, 4) is 10.4 Å². The van der Waals surface area contributed by atoms with Crippen LogP contribution in [0.4, 0.5) is 0 Å². The van der Waals surface area contributed by atoms with E-state index in [-0.39, 0.29) is 12.0 Å². The van der Waals surface area contributed by atoms with Gasteiger partial charge in [-0.25, -0.2) is 0 Å². The first-order valence-electron chi connectivity index (χ1n) is 9.19. The number of rotatable bonds is 3. The maximum Gasteiger partial charge on any atom is 0.250 e. The maximum atomic E-state index is 12.4. The van der Waals surface area contributed by atoms with E-state index < -0.39 is 11.9 Å². The molecule has 0 aliphatic carbocycles. The van der Waals surface area contributed by atoms with E-state index in [1.165, 1.54) is 4.88 Å². The zero-order valence-electron chi connectivity index (χ0n) is 16.3. The number of fused-ring (bicyclic) bond motifs is 3. The van der Waals surface area contributed by atoms with Crippen LogP contribution in [-0.2, 0) is 11.8 Å². The van der Waals surface area contributed by atoms with E-state index >= 15 is 0 Å². The minimum absolute atomic E-state index is 0.0320. The van der Waals surface area contributed by atoms with Crippen LogP contribution in [0.15, 0.2) is 46.3 Å². The maximum absolute atomic E-state index is 12.4. The quantitative estimate of drug-likeness (QED) is 0.684. The molecule has 0 fully saturated rings. The van der Waals surface area contributed by atoms with Crippen molar-refractivity contribution in [3.05, 3.63) is 79.0 Å². The van der Waals surface area contributed by atoms with Crippen molar-refractivity contribution >= 4 is 34.6 Å². The Bertz CT molecular complexity index is 1220. The van der Waals surface area contributed by atoms with Gasteiger partial charge in [0, 0.05) is 50.8 Å². The Morgan fingerprint density at radius 2 is 1.97 bits per heavy atom. The molecule has 3 heterocycles. The van der Waals surface area contributed by atoms with E-state index in [1.54, 1.807) is 29.0 Å². The van der Waals surface area contributed by atoms with E-state index in [4.69, 9.17) is 22.3 Å². The molecule has 0 saturated heterocycles. The number of pyridine rings is 1. The average Bonchev–Trinajstić information content (AvgIpc) is 2.89. The monoisotopic (exact) mass is 425 g/mol. The summed E-state index contributed by atoms with van der Waals surface area (Å²) in [6.45, 7) is 4.16. The second kappa shape index (κ2) is 7.28. The summed E-state index contributed by atoms with van der Waals surface area (Å²) in [6.07, 6.45) is 1.87. The molecule has 29 heavy (non-hydrogen) atoms. The summed E-state index contributed by atoms with van der Waals surface area (Å²) in [5.74, 6) is -0.459. The molecule has 7 heteroatoms. The number of aromatic nitrogens is 1. The van der Waals surface area contributed by atoms with Crippen LogP contribution in [0.25, 0.3) is 10.4 Å². The first-order chi connectivity index (χ1) is 13.8.